The maximum absolute atomic E-state index is 11.5. The van der Waals surface area contributed by atoms with Gasteiger partial charge in [-0.15, -0.1) is 0 Å². The second-order valence-corrected chi connectivity index (χ2v) is 4.02. The third-order valence-electron chi connectivity index (χ3n) is 2.47. The van der Waals surface area contributed by atoms with E-state index in [1.807, 2.05) is 6.07 Å². The molecule has 0 aromatic heterocycles. The lowest BCUT2D eigenvalue weighted by Gasteiger charge is -2.08. The average Bonchev–Trinajstić information content (AvgIpc) is 2.38. The van der Waals surface area contributed by atoms with E-state index in [1.54, 1.807) is 24.3 Å². The Hall–Kier alpha value is -2.37. The molecule has 0 bridgehead atoms. The molecular weight excluding hydrogens is 248 g/mol. The van der Waals surface area contributed by atoms with E-state index < -0.39 is 17.8 Å². The summed E-state index contributed by atoms with van der Waals surface area (Å²) in [7, 11) is 0. The van der Waals surface area contributed by atoms with Crippen molar-refractivity contribution < 1.29 is 19.5 Å². The van der Waals surface area contributed by atoms with Crippen LogP contribution < -0.4 is 10.6 Å². The Morgan fingerprint density at radius 2 is 1.84 bits per heavy atom. The minimum Gasteiger partial charge on any atom is -0.481 e. The highest BCUT2D eigenvalue weighted by molar-refractivity contribution is 5.97. The van der Waals surface area contributed by atoms with Crippen LogP contribution >= 0.6 is 0 Å². The zero-order valence-corrected chi connectivity index (χ0v) is 10.6. The lowest BCUT2D eigenvalue weighted by Crippen LogP contribution is -2.35. The zero-order chi connectivity index (χ0) is 14.3. The third kappa shape index (κ3) is 5.20. The van der Waals surface area contributed by atoms with Gasteiger partial charge in [-0.2, -0.15) is 0 Å². The molecule has 3 N–H and O–H groups in total. The van der Waals surface area contributed by atoms with E-state index >= 15 is 0 Å². The summed E-state index contributed by atoms with van der Waals surface area (Å²) in [6, 6.07) is 8.94. The van der Waals surface area contributed by atoms with Gasteiger partial charge in [0.25, 0.3) is 0 Å². The summed E-state index contributed by atoms with van der Waals surface area (Å²) >= 11 is 0. The second-order valence-electron chi connectivity index (χ2n) is 4.02. The number of amides is 2. The first-order chi connectivity index (χ1) is 9.00. The van der Waals surface area contributed by atoms with Gasteiger partial charge in [-0.05, 0) is 19.1 Å². The van der Waals surface area contributed by atoms with Crippen molar-refractivity contribution in [2.75, 3.05) is 11.9 Å². The molecule has 0 saturated carbocycles. The van der Waals surface area contributed by atoms with Crippen LogP contribution in [0.25, 0.3) is 0 Å². The van der Waals surface area contributed by atoms with E-state index in [-0.39, 0.29) is 18.9 Å². The van der Waals surface area contributed by atoms with Crippen molar-refractivity contribution in [3.05, 3.63) is 30.3 Å². The van der Waals surface area contributed by atoms with Gasteiger partial charge < -0.3 is 15.7 Å². The fourth-order valence-corrected chi connectivity index (χ4v) is 1.31. The highest BCUT2D eigenvalue weighted by Gasteiger charge is 2.19. The molecule has 0 fully saturated rings. The number of hydrogen-bond donors (Lipinski definition) is 3. The fraction of sp³-hybridized carbons (Fsp3) is 0.308. The average molecular weight is 264 g/mol. The SMILES string of the molecule is CC(C(=O)O)C(=O)NCCC(=O)Nc1ccccc1. The number of carboxylic acids is 1. The highest BCUT2D eigenvalue weighted by Crippen LogP contribution is 2.05. The van der Waals surface area contributed by atoms with Crippen LogP contribution in [0.1, 0.15) is 13.3 Å². The van der Waals surface area contributed by atoms with Crippen molar-refractivity contribution in [1.29, 1.82) is 0 Å². The topological polar surface area (TPSA) is 95.5 Å². The van der Waals surface area contributed by atoms with Gasteiger partial charge in [0.2, 0.25) is 11.8 Å². The quantitative estimate of drug-likeness (QED) is 0.664. The standard InChI is InChI=1S/C13H16N2O4/c1-9(13(18)19)12(17)14-8-7-11(16)15-10-5-3-2-4-6-10/h2-6,9H,7-8H2,1H3,(H,14,17)(H,15,16)(H,18,19). The van der Waals surface area contributed by atoms with Crippen LogP contribution in [0.3, 0.4) is 0 Å². The summed E-state index contributed by atoms with van der Waals surface area (Å²) in [5, 5.41) is 13.7. The first kappa shape index (κ1) is 14.7. The molecule has 1 aromatic rings. The Balaban J connectivity index is 2.28. The second kappa shape index (κ2) is 7.15. The number of carbonyl (C=O) groups excluding carboxylic acids is 2. The first-order valence-corrected chi connectivity index (χ1v) is 5.86. The van der Waals surface area contributed by atoms with Crippen LogP contribution in [-0.4, -0.2) is 29.4 Å². The fourth-order valence-electron chi connectivity index (χ4n) is 1.31. The number of hydrogen-bond acceptors (Lipinski definition) is 3. The Bertz CT molecular complexity index is 459. The minimum absolute atomic E-state index is 0.0903. The van der Waals surface area contributed by atoms with Gasteiger partial charge in [0.05, 0.1) is 0 Å². The predicted octanol–water partition coefficient (Wildman–Crippen LogP) is 0.852. The van der Waals surface area contributed by atoms with Crippen molar-refractivity contribution in [2.24, 2.45) is 5.92 Å². The molecular formula is C13H16N2O4. The van der Waals surface area contributed by atoms with Crippen LogP contribution in [0.15, 0.2) is 30.3 Å². The minimum atomic E-state index is -1.19. The van der Waals surface area contributed by atoms with Crippen LogP contribution in [0.4, 0.5) is 5.69 Å². The largest absolute Gasteiger partial charge is 0.481 e. The molecule has 0 radical (unpaired) electrons. The van der Waals surface area contributed by atoms with Crippen LogP contribution in [0.2, 0.25) is 0 Å². The number of para-hydroxylation sites is 1. The number of aliphatic carboxylic acids is 1. The van der Waals surface area contributed by atoms with Gasteiger partial charge in [0, 0.05) is 18.7 Å². The molecule has 6 nitrogen and oxygen atoms in total. The Labute approximate surface area is 110 Å². The molecule has 0 aliphatic carbocycles. The Morgan fingerprint density at radius 1 is 1.21 bits per heavy atom. The Kier molecular flexibility index (Phi) is 5.53. The Morgan fingerprint density at radius 3 is 2.42 bits per heavy atom. The number of anilines is 1. The molecule has 2 amide bonds. The van der Waals surface area contributed by atoms with Crippen molar-refractivity contribution in [1.82, 2.24) is 5.32 Å². The maximum Gasteiger partial charge on any atom is 0.315 e. The molecule has 1 aromatic carbocycles. The number of nitrogens with one attached hydrogen (secondary N) is 2. The van der Waals surface area contributed by atoms with Crippen molar-refractivity contribution in [3.63, 3.8) is 0 Å². The van der Waals surface area contributed by atoms with Crippen molar-refractivity contribution in [2.45, 2.75) is 13.3 Å². The van der Waals surface area contributed by atoms with Gasteiger partial charge in [0.15, 0.2) is 0 Å². The molecule has 1 unspecified atom stereocenters. The number of benzene rings is 1. The van der Waals surface area contributed by atoms with E-state index in [2.05, 4.69) is 10.6 Å². The molecule has 0 saturated heterocycles. The molecule has 19 heavy (non-hydrogen) atoms. The number of carboxylic acid groups (broad SMARTS) is 1. The van der Waals surface area contributed by atoms with Gasteiger partial charge in [-0.3, -0.25) is 14.4 Å². The summed E-state index contributed by atoms with van der Waals surface area (Å²) in [5.74, 6) is -3.14. The summed E-state index contributed by atoms with van der Waals surface area (Å²) in [6.45, 7) is 1.40. The van der Waals surface area contributed by atoms with Crippen LogP contribution in [-0.2, 0) is 14.4 Å². The van der Waals surface area contributed by atoms with E-state index in [0.29, 0.717) is 5.69 Å². The normalized spacial score (nSPS) is 11.4. The highest BCUT2D eigenvalue weighted by atomic mass is 16.4. The molecule has 0 spiro atoms. The molecule has 6 heteroatoms. The van der Waals surface area contributed by atoms with Crippen LogP contribution in [0.5, 0.6) is 0 Å². The van der Waals surface area contributed by atoms with Gasteiger partial charge >= 0.3 is 5.97 Å². The van der Waals surface area contributed by atoms with Gasteiger partial charge in [0.1, 0.15) is 5.92 Å². The molecule has 1 rings (SSSR count). The first-order valence-electron chi connectivity index (χ1n) is 5.86. The van der Waals surface area contributed by atoms with E-state index in [0.717, 1.165) is 0 Å². The monoisotopic (exact) mass is 264 g/mol. The smallest absolute Gasteiger partial charge is 0.315 e. The maximum atomic E-state index is 11.5. The van der Waals surface area contributed by atoms with E-state index in [1.165, 1.54) is 6.92 Å². The lowest BCUT2D eigenvalue weighted by molar-refractivity contribution is -0.146. The molecule has 0 heterocycles. The summed E-state index contributed by atoms with van der Waals surface area (Å²) in [5.41, 5.74) is 0.678. The zero-order valence-electron chi connectivity index (χ0n) is 10.6. The van der Waals surface area contributed by atoms with Crippen molar-refractivity contribution >= 4 is 23.5 Å². The van der Waals surface area contributed by atoms with E-state index in [9.17, 15) is 14.4 Å². The molecule has 1 atom stereocenters. The van der Waals surface area contributed by atoms with Crippen molar-refractivity contribution in [3.8, 4) is 0 Å². The lowest BCUT2D eigenvalue weighted by atomic mass is 10.2. The predicted molar refractivity (Wildman–Crippen MR) is 69.5 cm³/mol. The summed E-state index contributed by atoms with van der Waals surface area (Å²) in [6.07, 6.45) is 0.0903. The van der Waals surface area contributed by atoms with E-state index in [4.69, 9.17) is 5.11 Å². The summed E-state index contributed by atoms with van der Waals surface area (Å²) < 4.78 is 0. The van der Waals surface area contributed by atoms with Gasteiger partial charge in [-0.25, -0.2) is 0 Å². The molecule has 0 aliphatic heterocycles. The number of rotatable bonds is 6. The summed E-state index contributed by atoms with van der Waals surface area (Å²) in [4.78, 5) is 33.4. The molecule has 0 aliphatic rings. The molecule has 102 valence electrons. The number of carbonyl (C=O) groups is 3. The van der Waals surface area contributed by atoms with Crippen LogP contribution in [0, 0.1) is 5.92 Å². The third-order valence-corrected chi connectivity index (χ3v) is 2.47. The van der Waals surface area contributed by atoms with Gasteiger partial charge in [-0.1, -0.05) is 18.2 Å².